The number of ether oxygens (including phenoxy) is 1. The van der Waals surface area contributed by atoms with Gasteiger partial charge < -0.3 is 20.7 Å². The Bertz CT molecular complexity index is 123. The van der Waals surface area contributed by atoms with Gasteiger partial charge in [-0.15, -0.1) is 0 Å². The Hall–Kier alpha value is -0.230. The third kappa shape index (κ3) is 1.13. The van der Waals surface area contributed by atoms with Crippen LogP contribution in [0.5, 0.6) is 0 Å². The summed E-state index contributed by atoms with van der Waals surface area (Å²) >= 11 is 0. The van der Waals surface area contributed by atoms with E-state index in [1.165, 1.54) is 0 Å². The van der Waals surface area contributed by atoms with Crippen LogP contribution in [0.3, 0.4) is 0 Å². The number of rotatable bonds is 1. The van der Waals surface area contributed by atoms with Gasteiger partial charge >= 0.3 is 0 Å². The van der Waals surface area contributed by atoms with Crippen LogP contribution in [0.15, 0.2) is 0 Å². The monoisotopic (exact) mass is 151 g/mol. The Balaban J connectivity index is 2.53. The van der Waals surface area contributed by atoms with Crippen molar-refractivity contribution in [2.45, 2.75) is 24.6 Å². The highest BCUT2D eigenvalue weighted by Gasteiger charge is 2.41. The van der Waals surface area contributed by atoms with Gasteiger partial charge in [0.15, 0.2) is 6.17 Å². The Labute approximate surface area is 57.4 Å². The first-order valence-corrected chi connectivity index (χ1v) is 3.01. The van der Waals surface area contributed by atoms with E-state index < -0.39 is 31.2 Å². The molecular formula is C5H10FNO3. The molecule has 0 saturated carbocycles. The number of halogens is 1. The summed E-state index contributed by atoms with van der Waals surface area (Å²) in [5, 5.41) is 17.4. The summed E-state index contributed by atoms with van der Waals surface area (Å²) in [5.74, 6) is 0. The molecule has 1 fully saturated rings. The molecule has 4 atom stereocenters. The standard InChI is InChI=1S/C5H10FNO3/c6-3-4(9)2(1-8)10-5(3)7/h2-5,8-9H,1,7H2/t2-,3-,4-,5?/m1/s1. The Morgan fingerprint density at radius 1 is 1.60 bits per heavy atom. The molecule has 1 rings (SSSR count). The molecule has 4 nitrogen and oxygen atoms in total. The Morgan fingerprint density at radius 3 is 2.40 bits per heavy atom. The first-order valence-electron chi connectivity index (χ1n) is 3.01. The quantitative estimate of drug-likeness (QED) is 0.420. The first-order chi connectivity index (χ1) is 4.66. The summed E-state index contributed by atoms with van der Waals surface area (Å²) in [6.45, 7) is -0.407. The molecule has 0 aromatic rings. The maximum Gasteiger partial charge on any atom is 0.168 e. The summed E-state index contributed by atoms with van der Waals surface area (Å²) in [4.78, 5) is 0. The summed E-state index contributed by atoms with van der Waals surface area (Å²) in [7, 11) is 0. The van der Waals surface area contributed by atoms with Crippen molar-refractivity contribution in [1.82, 2.24) is 0 Å². The van der Waals surface area contributed by atoms with Crippen LogP contribution in [-0.2, 0) is 4.74 Å². The molecule has 0 aromatic heterocycles. The van der Waals surface area contributed by atoms with Crippen LogP contribution in [-0.4, -0.2) is 41.4 Å². The normalized spacial score (nSPS) is 48.0. The topological polar surface area (TPSA) is 75.7 Å². The molecule has 0 aromatic carbocycles. The molecule has 1 aliphatic heterocycles. The summed E-state index contributed by atoms with van der Waals surface area (Å²) in [5.41, 5.74) is 5.07. The van der Waals surface area contributed by atoms with Crippen LogP contribution in [0, 0.1) is 0 Å². The maximum atomic E-state index is 12.5. The molecule has 1 heterocycles. The van der Waals surface area contributed by atoms with E-state index in [0.717, 1.165) is 0 Å². The van der Waals surface area contributed by atoms with Crippen molar-refractivity contribution in [2.75, 3.05) is 6.61 Å². The highest BCUT2D eigenvalue weighted by Crippen LogP contribution is 2.20. The second-order valence-electron chi connectivity index (χ2n) is 2.26. The van der Waals surface area contributed by atoms with Crippen molar-refractivity contribution in [3.8, 4) is 0 Å². The Morgan fingerprint density at radius 2 is 2.20 bits per heavy atom. The van der Waals surface area contributed by atoms with Gasteiger partial charge in [0, 0.05) is 0 Å². The van der Waals surface area contributed by atoms with Gasteiger partial charge in [0.05, 0.1) is 6.61 Å². The molecule has 1 unspecified atom stereocenters. The molecule has 0 spiro atoms. The second kappa shape index (κ2) is 2.79. The molecule has 5 heteroatoms. The zero-order chi connectivity index (χ0) is 7.72. The average molecular weight is 151 g/mol. The van der Waals surface area contributed by atoms with Gasteiger partial charge in [0.2, 0.25) is 0 Å². The lowest BCUT2D eigenvalue weighted by molar-refractivity contribution is -0.0200. The van der Waals surface area contributed by atoms with Crippen LogP contribution in [0.1, 0.15) is 0 Å². The maximum absolute atomic E-state index is 12.5. The summed E-state index contributed by atoms with van der Waals surface area (Å²) in [6, 6.07) is 0. The second-order valence-corrected chi connectivity index (χ2v) is 2.26. The van der Waals surface area contributed by atoms with Crippen LogP contribution >= 0.6 is 0 Å². The van der Waals surface area contributed by atoms with Gasteiger partial charge in [-0.2, -0.15) is 0 Å². The van der Waals surface area contributed by atoms with E-state index in [-0.39, 0.29) is 0 Å². The van der Waals surface area contributed by atoms with E-state index in [9.17, 15) is 4.39 Å². The number of nitrogens with two attached hydrogens (primary N) is 1. The number of aliphatic hydroxyl groups excluding tert-OH is 2. The smallest absolute Gasteiger partial charge is 0.168 e. The Kier molecular flexibility index (Phi) is 2.20. The predicted molar refractivity (Wildman–Crippen MR) is 30.8 cm³/mol. The molecule has 1 aliphatic rings. The van der Waals surface area contributed by atoms with Crippen molar-refractivity contribution >= 4 is 0 Å². The largest absolute Gasteiger partial charge is 0.394 e. The van der Waals surface area contributed by atoms with E-state index in [0.29, 0.717) is 0 Å². The molecule has 0 radical (unpaired) electrons. The van der Waals surface area contributed by atoms with Gasteiger partial charge in [-0.1, -0.05) is 0 Å². The number of alkyl halides is 1. The number of aliphatic hydroxyl groups is 2. The number of hydrogen-bond donors (Lipinski definition) is 3. The van der Waals surface area contributed by atoms with Gasteiger partial charge in [-0.25, -0.2) is 4.39 Å². The molecule has 60 valence electrons. The van der Waals surface area contributed by atoms with Crippen LogP contribution < -0.4 is 5.73 Å². The molecule has 0 amide bonds. The zero-order valence-corrected chi connectivity index (χ0v) is 5.27. The fourth-order valence-corrected chi connectivity index (χ4v) is 0.908. The highest BCUT2D eigenvalue weighted by molar-refractivity contribution is 4.87. The highest BCUT2D eigenvalue weighted by atomic mass is 19.1. The van der Waals surface area contributed by atoms with Gasteiger partial charge in [-0.3, -0.25) is 0 Å². The fourth-order valence-electron chi connectivity index (χ4n) is 0.908. The SMILES string of the molecule is NC1O[C@H](CO)[C@@H](O)[C@H]1F. The van der Waals surface area contributed by atoms with Crippen molar-refractivity contribution in [2.24, 2.45) is 5.73 Å². The number of hydrogen-bond acceptors (Lipinski definition) is 4. The molecule has 10 heavy (non-hydrogen) atoms. The first kappa shape index (κ1) is 7.87. The molecule has 0 bridgehead atoms. The molecule has 0 aliphatic carbocycles. The molecule has 1 saturated heterocycles. The minimum Gasteiger partial charge on any atom is -0.394 e. The summed E-state index contributed by atoms with van der Waals surface area (Å²) < 4.78 is 17.2. The third-order valence-electron chi connectivity index (χ3n) is 1.53. The summed E-state index contributed by atoms with van der Waals surface area (Å²) in [6.07, 6.45) is -4.85. The lowest BCUT2D eigenvalue weighted by Gasteiger charge is -2.08. The zero-order valence-electron chi connectivity index (χ0n) is 5.27. The average Bonchev–Trinajstić information content (AvgIpc) is 2.17. The molecule has 4 N–H and O–H groups in total. The van der Waals surface area contributed by atoms with Gasteiger partial charge in [-0.05, 0) is 0 Å². The van der Waals surface area contributed by atoms with Crippen molar-refractivity contribution < 1.29 is 19.3 Å². The van der Waals surface area contributed by atoms with Gasteiger partial charge in [0.25, 0.3) is 0 Å². The van der Waals surface area contributed by atoms with Crippen molar-refractivity contribution in [3.05, 3.63) is 0 Å². The van der Waals surface area contributed by atoms with Crippen molar-refractivity contribution in [1.29, 1.82) is 0 Å². The van der Waals surface area contributed by atoms with Crippen molar-refractivity contribution in [3.63, 3.8) is 0 Å². The lowest BCUT2D eigenvalue weighted by atomic mass is 10.2. The lowest BCUT2D eigenvalue weighted by Crippen LogP contribution is -2.33. The molecular weight excluding hydrogens is 141 g/mol. The fraction of sp³-hybridized carbons (Fsp3) is 1.00. The van der Waals surface area contributed by atoms with E-state index in [1.54, 1.807) is 0 Å². The van der Waals surface area contributed by atoms with E-state index >= 15 is 0 Å². The van der Waals surface area contributed by atoms with E-state index in [2.05, 4.69) is 4.74 Å². The van der Waals surface area contributed by atoms with Gasteiger partial charge in [0.1, 0.15) is 18.4 Å². The predicted octanol–water partition coefficient (Wildman–Crippen LogP) is -1.64. The minimum absolute atomic E-state index is 0.407. The van der Waals surface area contributed by atoms with E-state index in [4.69, 9.17) is 15.9 Å². The van der Waals surface area contributed by atoms with Crippen LogP contribution in [0.2, 0.25) is 0 Å². The van der Waals surface area contributed by atoms with Crippen LogP contribution in [0.4, 0.5) is 4.39 Å². The van der Waals surface area contributed by atoms with E-state index in [1.807, 2.05) is 0 Å². The minimum atomic E-state index is -1.59. The van der Waals surface area contributed by atoms with Crippen LogP contribution in [0.25, 0.3) is 0 Å². The third-order valence-corrected chi connectivity index (χ3v) is 1.53.